The Balaban J connectivity index is 1.66. The van der Waals surface area contributed by atoms with Crippen LogP contribution in [0.4, 0.5) is 0 Å². The molecular formula is C13H20N2OS. The molecule has 1 N–H and O–H groups in total. The molecule has 94 valence electrons. The van der Waals surface area contributed by atoms with Gasteiger partial charge in [-0.3, -0.25) is 4.79 Å². The lowest BCUT2D eigenvalue weighted by molar-refractivity contribution is 0.555. The van der Waals surface area contributed by atoms with E-state index in [0.29, 0.717) is 0 Å². The van der Waals surface area contributed by atoms with E-state index in [4.69, 9.17) is 0 Å². The summed E-state index contributed by atoms with van der Waals surface area (Å²) in [7, 11) is 0. The molecule has 0 spiro atoms. The fraction of sp³-hybridized carbons (Fsp3) is 0.615. The molecule has 1 aliphatic rings. The molecule has 0 bridgehead atoms. The Morgan fingerprint density at radius 2 is 2.35 bits per heavy atom. The number of thioether (sulfide) groups is 1. The first-order valence-corrected chi connectivity index (χ1v) is 7.39. The summed E-state index contributed by atoms with van der Waals surface area (Å²) in [6, 6.07) is 5.29. The van der Waals surface area contributed by atoms with Crippen molar-refractivity contribution in [1.29, 1.82) is 0 Å². The number of rotatable bonds is 5. The zero-order valence-corrected chi connectivity index (χ0v) is 10.9. The molecule has 1 atom stereocenters. The lowest BCUT2D eigenvalue weighted by Gasteiger charge is -2.21. The van der Waals surface area contributed by atoms with Crippen molar-refractivity contribution in [1.82, 2.24) is 9.88 Å². The van der Waals surface area contributed by atoms with E-state index >= 15 is 0 Å². The third-order valence-corrected chi connectivity index (χ3v) is 4.47. The largest absolute Gasteiger partial charge is 0.314 e. The van der Waals surface area contributed by atoms with Crippen molar-refractivity contribution < 1.29 is 0 Å². The molecule has 17 heavy (non-hydrogen) atoms. The van der Waals surface area contributed by atoms with Crippen LogP contribution < -0.4 is 10.9 Å². The summed E-state index contributed by atoms with van der Waals surface area (Å²) in [5.74, 6) is 1.31. The molecule has 3 nitrogen and oxygen atoms in total. The Kier molecular flexibility index (Phi) is 5.13. The third-order valence-electron chi connectivity index (χ3n) is 3.07. The minimum absolute atomic E-state index is 0.0846. The number of hydrogen-bond acceptors (Lipinski definition) is 3. The van der Waals surface area contributed by atoms with Crippen LogP contribution in [0.1, 0.15) is 19.3 Å². The molecular weight excluding hydrogens is 232 g/mol. The van der Waals surface area contributed by atoms with Gasteiger partial charge in [-0.1, -0.05) is 12.5 Å². The van der Waals surface area contributed by atoms with Gasteiger partial charge in [0.15, 0.2) is 0 Å². The maximum absolute atomic E-state index is 11.4. The van der Waals surface area contributed by atoms with Crippen LogP contribution in [0.2, 0.25) is 0 Å². The highest BCUT2D eigenvalue weighted by Crippen LogP contribution is 2.24. The molecule has 1 fully saturated rings. The van der Waals surface area contributed by atoms with Crippen molar-refractivity contribution in [2.45, 2.75) is 31.1 Å². The summed E-state index contributed by atoms with van der Waals surface area (Å²) < 4.78 is 1.75. The van der Waals surface area contributed by atoms with Crippen LogP contribution in [0.5, 0.6) is 0 Å². The second kappa shape index (κ2) is 6.87. The summed E-state index contributed by atoms with van der Waals surface area (Å²) in [6.07, 6.45) is 5.93. The first kappa shape index (κ1) is 12.7. The molecule has 1 unspecified atom stereocenters. The molecule has 1 aromatic rings. The summed E-state index contributed by atoms with van der Waals surface area (Å²) in [6.45, 7) is 2.71. The second-order valence-corrected chi connectivity index (χ2v) is 5.83. The van der Waals surface area contributed by atoms with Gasteiger partial charge in [0, 0.05) is 37.1 Å². The molecule has 1 aromatic heterocycles. The molecule has 0 amide bonds. The van der Waals surface area contributed by atoms with Crippen molar-refractivity contribution in [2.75, 3.05) is 18.8 Å². The number of nitrogens with zero attached hydrogens (tertiary/aromatic N) is 1. The Morgan fingerprint density at radius 1 is 1.41 bits per heavy atom. The Labute approximate surface area is 107 Å². The predicted octanol–water partition coefficient (Wildman–Crippen LogP) is 1.72. The Morgan fingerprint density at radius 3 is 3.12 bits per heavy atom. The van der Waals surface area contributed by atoms with Crippen LogP contribution in [-0.2, 0) is 6.54 Å². The fourth-order valence-electron chi connectivity index (χ4n) is 2.08. The van der Waals surface area contributed by atoms with Gasteiger partial charge in [-0.2, -0.15) is 11.8 Å². The van der Waals surface area contributed by atoms with E-state index in [2.05, 4.69) is 17.1 Å². The van der Waals surface area contributed by atoms with Crippen LogP contribution in [0.3, 0.4) is 0 Å². The van der Waals surface area contributed by atoms with Gasteiger partial charge in [-0.25, -0.2) is 0 Å². The van der Waals surface area contributed by atoms with Gasteiger partial charge in [-0.15, -0.1) is 0 Å². The lowest BCUT2D eigenvalue weighted by atomic mass is 10.2. The first-order valence-electron chi connectivity index (χ1n) is 6.34. The van der Waals surface area contributed by atoms with Gasteiger partial charge in [0.2, 0.25) is 0 Å². The van der Waals surface area contributed by atoms with Gasteiger partial charge in [0.1, 0.15) is 0 Å². The van der Waals surface area contributed by atoms with Crippen LogP contribution in [0, 0.1) is 0 Å². The monoisotopic (exact) mass is 252 g/mol. The number of aromatic nitrogens is 1. The summed E-state index contributed by atoms with van der Waals surface area (Å²) >= 11 is 2.08. The topological polar surface area (TPSA) is 34.0 Å². The zero-order chi connectivity index (χ0) is 11.9. The second-order valence-electron chi connectivity index (χ2n) is 4.42. The summed E-state index contributed by atoms with van der Waals surface area (Å²) in [4.78, 5) is 11.4. The third kappa shape index (κ3) is 4.21. The van der Waals surface area contributed by atoms with E-state index in [1.165, 1.54) is 25.0 Å². The quantitative estimate of drug-likeness (QED) is 0.810. The average Bonchev–Trinajstić information content (AvgIpc) is 2.38. The maximum Gasteiger partial charge on any atom is 0.250 e. The maximum atomic E-state index is 11.4. The van der Waals surface area contributed by atoms with Gasteiger partial charge in [-0.05, 0) is 24.7 Å². The summed E-state index contributed by atoms with van der Waals surface area (Å²) in [5, 5.41) is 4.22. The normalized spacial score (nSPS) is 20.4. The summed E-state index contributed by atoms with van der Waals surface area (Å²) in [5.41, 5.74) is 0.0846. The highest BCUT2D eigenvalue weighted by atomic mass is 32.2. The SMILES string of the molecule is O=c1ccccn1CCNCC1CCCCS1. The number of nitrogens with one attached hydrogen (secondary N) is 1. The molecule has 1 aliphatic heterocycles. The van der Waals surface area contributed by atoms with Crippen LogP contribution in [0.15, 0.2) is 29.2 Å². The highest BCUT2D eigenvalue weighted by molar-refractivity contribution is 7.99. The molecule has 2 rings (SSSR count). The minimum atomic E-state index is 0.0846. The number of pyridine rings is 1. The molecule has 4 heteroatoms. The first-order chi connectivity index (χ1) is 8.36. The van der Waals surface area contributed by atoms with E-state index in [-0.39, 0.29) is 5.56 Å². The van der Waals surface area contributed by atoms with Gasteiger partial charge < -0.3 is 9.88 Å². The average molecular weight is 252 g/mol. The molecule has 0 aliphatic carbocycles. The van der Waals surface area contributed by atoms with Crippen molar-refractivity contribution in [2.24, 2.45) is 0 Å². The fourth-order valence-corrected chi connectivity index (χ4v) is 3.35. The molecule has 2 heterocycles. The van der Waals surface area contributed by atoms with Crippen molar-refractivity contribution in [3.8, 4) is 0 Å². The van der Waals surface area contributed by atoms with E-state index in [9.17, 15) is 4.79 Å². The van der Waals surface area contributed by atoms with E-state index in [0.717, 1.165) is 24.9 Å². The predicted molar refractivity (Wildman–Crippen MR) is 73.7 cm³/mol. The molecule has 1 saturated heterocycles. The number of hydrogen-bond donors (Lipinski definition) is 1. The highest BCUT2D eigenvalue weighted by Gasteiger charge is 2.12. The van der Waals surface area contributed by atoms with Crippen LogP contribution in [-0.4, -0.2) is 28.7 Å². The van der Waals surface area contributed by atoms with Gasteiger partial charge in [0.05, 0.1) is 0 Å². The van der Waals surface area contributed by atoms with E-state index in [1.807, 2.05) is 12.3 Å². The van der Waals surface area contributed by atoms with Crippen molar-refractivity contribution >= 4 is 11.8 Å². The van der Waals surface area contributed by atoms with E-state index < -0.39 is 0 Å². The standard InChI is InChI=1S/C13H20N2OS/c16-13-6-1-3-8-15(13)9-7-14-11-12-5-2-4-10-17-12/h1,3,6,8,12,14H,2,4-5,7,9-11H2. The van der Waals surface area contributed by atoms with Gasteiger partial charge in [0.25, 0.3) is 5.56 Å². The van der Waals surface area contributed by atoms with Crippen LogP contribution in [0.25, 0.3) is 0 Å². The van der Waals surface area contributed by atoms with Gasteiger partial charge >= 0.3 is 0 Å². The smallest absolute Gasteiger partial charge is 0.250 e. The lowest BCUT2D eigenvalue weighted by Crippen LogP contribution is -2.31. The Hall–Kier alpha value is -0.740. The Bertz CT molecular complexity index is 385. The van der Waals surface area contributed by atoms with Crippen molar-refractivity contribution in [3.63, 3.8) is 0 Å². The van der Waals surface area contributed by atoms with Crippen molar-refractivity contribution in [3.05, 3.63) is 34.7 Å². The van der Waals surface area contributed by atoms with Crippen LogP contribution >= 0.6 is 11.8 Å². The molecule has 0 aromatic carbocycles. The molecule has 0 radical (unpaired) electrons. The molecule has 0 saturated carbocycles. The zero-order valence-electron chi connectivity index (χ0n) is 10.1. The van der Waals surface area contributed by atoms with E-state index in [1.54, 1.807) is 16.7 Å². The minimum Gasteiger partial charge on any atom is -0.314 e.